The molecule has 12 nitrogen and oxygen atoms in total. The second-order valence-corrected chi connectivity index (χ2v) is 11.4. The highest BCUT2D eigenvalue weighted by Gasteiger charge is 2.60. The predicted molar refractivity (Wildman–Crippen MR) is 147 cm³/mol. The maximum atomic E-state index is 15.7. The van der Waals surface area contributed by atoms with Crippen molar-refractivity contribution in [1.29, 1.82) is 0 Å². The number of esters is 2. The first-order chi connectivity index (χ1) is 20.5. The van der Waals surface area contributed by atoms with E-state index in [0.29, 0.717) is 0 Å². The average molecular weight is 623 g/mol. The molecule has 4 atom stereocenters. The normalized spacial score (nSPS) is 20.5. The second kappa shape index (κ2) is 13.6. The number of nitrogens with zero attached hydrogens (tertiary/aromatic N) is 1. The fraction of sp³-hybridized carbons (Fsp3) is 0.357. The highest BCUT2D eigenvalue weighted by atomic mass is 31.2. The van der Waals surface area contributed by atoms with Crippen LogP contribution in [-0.2, 0) is 27.8 Å². The van der Waals surface area contributed by atoms with Gasteiger partial charge in [-0.15, -0.1) is 0 Å². The smallest absolute Gasteiger partial charge is 0.399 e. The quantitative estimate of drug-likeness (QED) is 0.231. The largest absolute Gasteiger partial charge is 0.452 e. The van der Waals surface area contributed by atoms with Crippen molar-refractivity contribution < 1.29 is 46.2 Å². The van der Waals surface area contributed by atoms with Gasteiger partial charge in [-0.25, -0.2) is 14.4 Å². The molecule has 0 bridgehead atoms. The fourth-order valence-electron chi connectivity index (χ4n) is 4.44. The Morgan fingerprint density at radius 2 is 1.40 bits per heavy atom. The molecular formula is C28H29F2N2O10P. The molecule has 4 rings (SSSR count). The summed E-state index contributed by atoms with van der Waals surface area (Å²) in [6.45, 7) is 1.99. The van der Waals surface area contributed by atoms with E-state index >= 15 is 8.78 Å². The van der Waals surface area contributed by atoms with Crippen LogP contribution in [0.2, 0.25) is 0 Å². The lowest BCUT2D eigenvalue weighted by atomic mass is 10.1. The lowest BCUT2D eigenvalue weighted by molar-refractivity contribution is -0.0763. The van der Waals surface area contributed by atoms with Gasteiger partial charge in [0.05, 0.1) is 30.8 Å². The number of nitrogens with one attached hydrogen (secondary N) is 1. The summed E-state index contributed by atoms with van der Waals surface area (Å²) >= 11 is 0. The minimum atomic E-state index is -5.07. The van der Waals surface area contributed by atoms with Crippen molar-refractivity contribution in [3.63, 3.8) is 0 Å². The molecule has 1 aromatic heterocycles. The van der Waals surface area contributed by atoms with Crippen molar-refractivity contribution in [3.05, 3.63) is 105 Å². The summed E-state index contributed by atoms with van der Waals surface area (Å²) in [5, 5.41) is 0. The molecule has 230 valence electrons. The van der Waals surface area contributed by atoms with Gasteiger partial charge < -0.3 is 23.3 Å². The van der Waals surface area contributed by atoms with E-state index in [0.717, 1.165) is 16.8 Å². The third kappa shape index (κ3) is 7.16. The number of rotatable bonds is 12. The van der Waals surface area contributed by atoms with Gasteiger partial charge in [0.15, 0.2) is 18.4 Å². The number of carbonyl (C=O) groups excluding carboxylic acids is 2. The molecule has 0 amide bonds. The van der Waals surface area contributed by atoms with Gasteiger partial charge in [-0.05, 0) is 38.1 Å². The number of carbonyl (C=O) groups is 2. The number of aromatic amines is 1. The van der Waals surface area contributed by atoms with Gasteiger partial charge in [0.1, 0.15) is 6.10 Å². The highest BCUT2D eigenvalue weighted by Crippen LogP contribution is 2.64. The third-order valence-corrected chi connectivity index (χ3v) is 8.54. The van der Waals surface area contributed by atoms with Crippen LogP contribution in [0.5, 0.6) is 0 Å². The lowest BCUT2D eigenvalue weighted by Gasteiger charge is -2.29. The monoisotopic (exact) mass is 622 g/mol. The van der Waals surface area contributed by atoms with Crippen LogP contribution in [0.3, 0.4) is 0 Å². The molecule has 0 saturated carbocycles. The molecule has 1 N–H and O–H groups in total. The van der Waals surface area contributed by atoms with E-state index in [-0.39, 0.29) is 24.3 Å². The molecule has 1 fully saturated rings. The summed E-state index contributed by atoms with van der Waals surface area (Å²) in [5.74, 6) is -1.92. The van der Waals surface area contributed by atoms with Gasteiger partial charge in [-0.2, -0.15) is 8.78 Å². The zero-order valence-electron chi connectivity index (χ0n) is 23.1. The van der Waals surface area contributed by atoms with E-state index in [2.05, 4.69) is 0 Å². The van der Waals surface area contributed by atoms with Gasteiger partial charge in [0.25, 0.3) is 5.56 Å². The highest BCUT2D eigenvalue weighted by molar-refractivity contribution is 7.55. The van der Waals surface area contributed by atoms with Crippen LogP contribution in [0.15, 0.2) is 82.5 Å². The maximum Gasteiger partial charge on any atom is 0.399 e. The summed E-state index contributed by atoms with van der Waals surface area (Å²) in [5.41, 5.74) is -5.86. The van der Waals surface area contributed by atoms with Crippen LogP contribution in [0.4, 0.5) is 8.78 Å². The first-order valence-corrected chi connectivity index (χ1v) is 14.8. The van der Waals surface area contributed by atoms with Crippen molar-refractivity contribution in [2.75, 3.05) is 13.2 Å². The van der Waals surface area contributed by atoms with Crippen LogP contribution in [-0.4, -0.2) is 58.7 Å². The Morgan fingerprint density at radius 1 is 0.884 bits per heavy atom. The SMILES string of the molecule is CCOP(=O)(OCC)C(F)(F)C[C@H]1O[C@@H](n2ccc(=O)[nH]c2=O)[C@H](OC(=O)c2ccccc2)[C@@H]1OC(=O)c1ccccc1. The van der Waals surface area contributed by atoms with Crippen molar-refractivity contribution in [3.8, 4) is 0 Å². The summed E-state index contributed by atoms with van der Waals surface area (Å²) in [6.07, 6.45) is -7.29. The summed E-state index contributed by atoms with van der Waals surface area (Å²) in [7, 11) is -5.07. The molecule has 0 spiro atoms. The predicted octanol–water partition coefficient (Wildman–Crippen LogP) is 4.13. The molecule has 0 aliphatic carbocycles. The van der Waals surface area contributed by atoms with E-state index in [9.17, 15) is 23.7 Å². The van der Waals surface area contributed by atoms with Crippen LogP contribution >= 0.6 is 7.60 Å². The number of aromatic nitrogens is 2. The maximum absolute atomic E-state index is 15.7. The van der Waals surface area contributed by atoms with Gasteiger partial charge in [0, 0.05) is 12.3 Å². The summed E-state index contributed by atoms with van der Waals surface area (Å²) in [4.78, 5) is 52.8. The number of halogens is 2. The molecule has 43 heavy (non-hydrogen) atoms. The van der Waals surface area contributed by atoms with Crippen molar-refractivity contribution in [1.82, 2.24) is 9.55 Å². The van der Waals surface area contributed by atoms with Gasteiger partial charge in [-0.1, -0.05) is 36.4 Å². The first kappa shape index (κ1) is 32.0. The molecule has 15 heteroatoms. The van der Waals surface area contributed by atoms with Gasteiger partial charge in [0.2, 0.25) is 0 Å². The van der Waals surface area contributed by atoms with E-state index in [4.69, 9.17) is 23.3 Å². The van der Waals surface area contributed by atoms with Crippen LogP contribution in [0.25, 0.3) is 0 Å². The molecule has 3 aromatic rings. The van der Waals surface area contributed by atoms with Crippen LogP contribution < -0.4 is 11.2 Å². The van der Waals surface area contributed by atoms with Crippen molar-refractivity contribution in [2.45, 2.75) is 50.5 Å². The Kier molecular flexibility index (Phi) is 10.1. The number of benzene rings is 2. The molecule has 1 aliphatic heterocycles. The van der Waals surface area contributed by atoms with Gasteiger partial charge >= 0.3 is 30.9 Å². The Bertz CT molecular complexity index is 1570. The number of H-pyrrole nitrogens is 1. The molecular weight excluding hydrogens is 593 g/mol. The van der Waals surface area contributed by atoms with Crippen molar-refractivity contribution in [2.24, 2.45) is 0 Å². The minimum absolute atomic E-state index is 0.0418. The Balaban J connectivity index is 1.80. The Labute approximate surface area is 244 Å². The van der Waals surface area contributed by atoms with E-state index in [1.807, 2.05) is 4.98 Å². The van der Waals surface area contributed by atoms with E-state index < -0.39 is 67.4 Å². The summed E-state index contributed by atoms with van der Waals surface area (Å²) in [6, 6.07) is 16.1. The number of hydrogen-bond donors (Lipinski definition) is 1. The van der Waals surface area contributed by atoms with Crippen LogP contribution in [0, 0.1) is 0 Å². The topological polar surface area (TPSA) is 152 Å². The molecule has 0 unspecified atom stereocenters. The zero-order valence-corrected chi connectivity index (χ0v) is 24.0. The number of hydrogen-bond acceptors (Lipinski definition) is 10. The average Bonchev–Trinajstić information content (AvgIpc) is 3.29. The number of alkyl halides is 2. The minimum Gasteiger partial charge on any atom is -0.452 e. The molecule has 0 radical (unpaired) electrons. The Morgan fingerprint density at radius 3 is 1.88 bits per heavy atom. The lowest BCUT2D eigenvalue weighted by Crippen LogP contribution is -2.43. The fourth-order valence-corrected chi connectivity index (χ4v) is 5.98. The third-order valence-electron chi connectivity index (χ3n) is 6.36. The number of ether oxygens (including phenoxy) is 3. The van der Waals surface area contributed by atoms with Gasteiger partial charge in [-0.3, -0.25) is 18.9 Å². The van der Waals surface area contributed by atoms with Crippen molar-refractivity contribution >= 4 is 19.5 Å². The molecule has 2 heterocycles. The zero-order chi connectivity index (χ0) is 31.2. The molecule has 1 saturated heterocycles. The standard InChI is InChI=1S/C28H29F2N2O10P/c1-3-38-43(37,39-4-2)28(29,30)17-20-22(41-25(34)18-11-7-5-8-12-18)23(42-26(35)19-13-9-6-10-14-19)24(40-20)32-16-15-21(33)31-27(32)36/h5-16,20,22-24H,3-4,17H2,1-2H3,(H,31,33,36)/t20-,22-,23-,24-/m1/s1. The first-order valence-electron chi connectivity index (χ1n) is 13.3. The van der Waals surface area contributed by atoms with E-state index in [1.165, 1.54) is 38.1 Å². The molecule has 2 aromatic carbocycles. The van der Waals surface area contributed by atoms with Crippen LogP contribution in [0.1, 0.15) is 47.2 Å². The molecule has 1 aliphatic rings. The van der Waals surface area contributed by atoms with E-state index in [1.54, 1.807) is 36.4 Å². The Hall–Kier alpha value is -3.97. The second-order valence-electron chi connectivity index (χ2n) is 9.26. The summed E-state index contributed by atoms with van der Waals surface area (Å²) < 4.78 is 72.1.